The average Bonchev–Trinajstić information content (AvgIpc) is 3.01. The predicted molar refractivity (Wildman–Crippen MR) is 118 cm³/mol. The highest BCUT2D eigenvalue weighted by molar-refractivity contribution is 7.21. The summed E-state index contributed by atoms with van der Waals surface area (Å²) >= 11 is 7.34. The van der Waals surface area contributed by atoms with E-state index in [1.165, 1.54) is 16.9 Å². The normalized spacial score (nSPS) is 11.0. The van der Waals surface area contributed by atoms with E-state index in [2.05, 4.69) is 17.4 Å². The van der Waals surface area contributed by atoms with Gasteiger partial charge in [0, 0.05) is 21.7 Å². The van der Waals surface area contributed by atoms with Crippen molar-refractivity contribution < 1.29 is 4.79 Å². The second-order valence-corrected chi connectivity index (χ2v) is 8.11. The first-order valence-electron chi connectivity index (χ1n) is 8.76. The van der Waals surface area contributed by atoms with Crippen LogP contribution < -0.4 is 11.1 Å². The van der Waals surface area contributed by atoms with Gasteiger partial charge in [-0.3, -0.25) is 4.79 Å². The third-order valence-electron chi connectivity index (χ3n) is 4.60. The lowest BCUT2D eigenvalue weighted by Crippen LogP contribution is -2.12. The number of hydrogen-bond acceptors (Lipinski definition) is 4. The van der Waals surface area contributed by atoms with Gasteiger partial charge in [0.25, 0.3) is 5.91 Å². The Morgan fingerprint density at radius 1 is 1.07 bits per heavy atom. The number of nitrogen functional groups attached to an aromatic ring is 1. The number of thiophene rings is 1. The Kier molecular flexibility index (Phi) is 4.79. The van der Waals surface area contributed by atoms with E-state index in [1.807, 2.05) is 44.2 Å². The molecule has 0 aliphatic heterocycles. The number of aromatic nitrogens is 1. The molecule has 1 amide bonds. The number of rotatable bonds is 3. The zero-order valence-corrected chi connectivity index (χ0v) is 17.0. The lowest BCUT2D eigenvalue weighted by Gasteiger charge is -2.08. The number of nitrogens with two attached hydrogens (primary N) is 1. The fraction of sp³-hybridized carbons (Fsp3) is 0.0909. The molecule has 2 heterocycles. The molecule has 4 aromatic rings. The lowest BCUT2D eigenvalue weighted by atomic mass is 10.1. The number of carbonyl (C=O) groups is 1. The molecule has 0 aliphatic rings. The molecule has 3 N–H and O–H groups in total. The summed E-state index contributed by atoms with van der Waals surface area (Å²) in [6.07, 6.45) is 0. The molecule has 0 aliphatic carbocycles. The number of halogens is 1. The van der Waals surface area contributed by atoms with E-state index in [4.69, 9.17) is 22.3 Å². The molecule has 28 heavy (non-hydrogen) atoms. The van der Waals surface area contributed by atoms with Crippen LogP contribution in [0.25, 0.3) is 21.5 Å². The minimum atomic E-state index is -0.261. The first-order chi connectivity index (χ1) is 13.4. The molecule has 0 atom stereocenters. The van der Waals surface area contributed by atoms with Crippen molar-refractivity contribution in [2.24, 2.45) is 0 Å². The first-order valence-corrected chi connectivity index (χ1v) is 9.95. The van der Waals surface area contributed by atoms with Gasteiger partial charge in [-0.15, -0.1) is 11.3 Å². The van der Waals surface area contributed by atoms with Crippen molar-refractivity contribution in [1.82, 2.24) is 4.98 Å². The summed E-state index contributed by atoms with van der Waals surface area (Å²) in [5.41, 5.74) is 11.4. The number of nitrogens with zero attached hydrogens (tertiary/aromatic N) is 1. The van der Waals surface area contributed by atoms with Gasteiger partial charge < -0.3 is 11.1 Å². The lowest BCUT2D eigenvalue weighted by molar-refractivity contribution is 0.103. The Morgan fingerprint density at radius 3 is 2.57 bits per heavy atom. The molecule has 0 saturated heterocycles. The topological polar surface area (TPSA) is 68.0 Å². The second-order valence-electron chi connectivity index (χ2n) is 6.67. The largest absolute Gasteiger partial charge is 0.397 e. The maximum atomic E-state index is 12.8. The Bertz CT molecular complexity index is 1200. The molecule has 0 unspecified atom stereocenters. The highest BCUT2D eigenvalue weighted by atomic mass is 35.5. The number of pyridine rings is 1. The summed E-state index contributed by atoms with van der Waals surface area (Å²) < 4.78 is 0. The van der Waals surface area contributed by atoms with Crippen molar-refractivity contribution in [1.29, 1.82) is 0 Å². The van der Waals surface area contributed by atoms with Gasteiger partial charge in [0.05, 0.1) is 11.4 Å². The van der Waals surface area contributed by atoms with E-state index in [-0.39, 0.29) is 5.91 Å². The number of nitrogens with one attached hydrogen (secondary N) is 1. The van der Waals surface area contributed by atoms with Crippen molar-refractivity contribution in [2.45, 2.75) is 13.8 Å². The van der Waals surface area contributed by atoms with Gasteiger partial charge in [-0.2, -0.15) is 0 Å². The van der Waals surface area contributed by atoms with Crippen LogP contribution in [0.15, 0.2) is 54.6 Å². The summed E-state index contributed by atoms with van der Waals surface area (Å²) in [7, 11) is 0. The molecule has 0 fully saturated rings. The summed E-state index contributed by atoms with van der Waals surface area (Å²) in [5, 5.41) is 4.25. The summed E-state index contributed by atoms with van der Waals surface area (Å²) in [5.74, 6) is -0.261. The number of anilines is 2. The standard InChI is InChI=1S/C22H18ClN3OS/c1-12-3-6-14(7-4-12)17-10-9-16-19(24)20(28-22(16)26-17)21(27)25-18-11-15(23)8-5-13(18)2/h3-11H,24H2,1-2H3,(H,25,27). The average molecular weight is 408 g/mol. The van der Waals surface area contributed by atoms with Crippen molar-refractivity contribution in [2.75, 3.05) is 11.1 Å². The van der Waals surface area contributed by atoms with E-state index < -0.39 is 0 Å². The molecular formula is C22H18ClN3OS. The Balaban J connectivity index is 1.69. The Labute approximate surface area is 172 Å². The summed E-state index contributed by atoms with van der Waals surface area (Å²) in [6.45, 7) is 3.96. The predicted octanol–water partition coefficient (Wildman–Crippen LogP) is 6.07. The Hall–Kier alpha value is -2.89. The number of hydrogen-bond donors (Lipinski definition) is 2. The van der Waals surface area contributed by atoms with Gasteiger partial charge in [-0.05, 0) is 43.7 Å². The molecule has 4 nitrogen and oxygen atoms in total. The number of benzene rings is 2. The van der Waals surface area contributed by atoms with Crippen LogP contribution >= 0.6 is 22.9 Å². The second kappa shape index (κ2) is 7.26. The number of aryl methyl sites for hydroxylation is 2. The number of amides is 1. The van der Waals surface area contributed by atoms with Crippen molar-refractivity contribution in [3.8, 4) is 11.3 Å². The minimum Gasteiger partial charge on any atom is -0.397 e. The Morgan fingerprint density at radius 2 is 1.82 bits per heavy atom. The third-order valence-corrected chi connectivity index (χ3v) is 5.94. The minimum absolute atomic E-state index is 0.261. The van der Waals surface area contributed by atoms with Crippen molar-refractivity contribution in [3.63, 3.8) is 0 Å². The molecule has 4 rings (SSSR count). The third kappa shape index (κ3) is 3.46. The maximum Gasteiger partial charge on any atom is 0.267 e. The molecule has 0 spiro atoms. The highest BCUT2D eigenvalue weighted by Gasteiger charge is 2.18. The quantitative estimate of drug-likeness (QED) is 0.433. The van der Waals surface area contributed by atoms with Crippen molar-refractivity contribution in [3.05, 3.63) is 75.6 Å². The van der Waals surface area contributed by atoms with E-state index in [1.54, 1.807) is 12.1 Å². The van der Waals surface area contributed by atoms with Crippen LogP contribution in [-0.2, 0) is 0 Å². The molecular weight excluding hydrogens is 390 g/mol. The van der Waals surface area contributed by atoms with E-state index in [0.29, 0.717) is 21.3 Å². The van der Waals surface area contributed by atoms with E-state index in [9.17, 15) is 4.79 Å². The van der Waals surface area contributed by atoms with Crippen LogP contribution in [0.3, 0.4) is 0 Å². The number of fused-ring (bicyclic) bond motifs is 1. The summed E-state index contributed by atoms with van der Waals surface area (Å²) in [4.78, 5) is 18.7. The van der Waals surface area contributed by atoms with Crippen LogP contribution in [0.1, 0.15) is 20.8 Å². The molecule has 0 saturated carbocycles. The zero-order valence-electron chi connectivity index (χ0n) is 15.4. The van der Waals surface area contributed by atoms with Gasteiger partial charge in [-0.25, -0.2) is 4.98 Å². The van der Waals surface area contributed by atoms with E-state index >= 15 is 0 Å². The molecule has 2 aromatic heterocycles. The van der Waals surface area contributed by atoms with Crippen LogP contribution in [0, 0.1) is 13.8 Å². The first kappa shape index (κ1) is 18.5. The maximum absolute atomic E-state index is 12.8. The molecule has 140 valence electrons. The van der Waals surface area contributed by atoms with Crippen LogP contribution in [0.2, 0.25) is 5.02 Å². The zero-order chi connectivity index (χ0) is 19.8. The molecule has 0 radical (unpaired) electrons. The monoisotopic (exact) mass is 407 g/mol. The van der Waals surface area contributed by atoms with Crippen LogP contribution in [0.4, 0.5) is 11.4 Å². The van der Waals surface area contributed by atoms with Gasteiger partial charge in [0.2, 0.25) is 0 Å². The molecule has 6 heteroatoms. The molecule has 0 bridgehead atoms. The van der Waals surface area contributed by atoms with Crippen molar-refractivity contribution >= 4 is 50.4 Å². The van der Waals surface area contributed by atoms with Gasteiger partial charge >= 0.3 is 0 Å². The number of carbonyl (C=O) groups excluding carboxylic acids is 1. The van der Waals surface area contributed by atoms with Crippen LogP contribution in [-0.4, -0.2) is 10.9 Å². The molecule has 2 aromatic carbocycles. The fourth-order valence-electron chi connectivity index (χ4n) is 2.96. The van der Waals surface area contributed by atoms with Gasteiger partial charge in [0.1, 0.15) is 9.71 Å². The van der Waals surface area contributed by atoms with Gasteiger partial charge in [-0.1, -0.05) is 47.5 Å². The highest BCUT2D eigenvalue weighted by Crippen LogP contribution is 2.35. The van der Waals surface area contributed by atoms with Crippen LogP contribution in [0.5, 0.6) is 0 Å². The fourth-order valence-corrected chi connectivity index (χ4v) is 4.12. The summed E-state index contributed by atoms with van der Waals surface area (Å²) in [6, 6.07) is 17.4. The van der Waals surface area contributed by atoms with Gasteiger partial charge in [0.15, 0.2) is 0 Å². The van der Waals surface area contributed by atoms with E-state index in [0.717, 1.165) is 27.0 Å². The smallest absolute Gasteiger partial charge is 0.267 e. The SMILES string of the molecule is Cc1ccc(-c2ccc3c(N)c(C(=O)Nc4cc(Cl)ccc4C)sc3n2)cc1.